The molecule has 0 spiro atoms. The van der Waals surface area contributed by atoms with Gasteiger partial charge in [-0.25, -0.2) is 4.98 Å². The van der Waals surface area contributed by atoms with E-state index in [1.165, 1.54) is 22.8 Å². The quantitative estimate of drug-likeness (QED) is 0.107. The van der Waals surface area contributed by atoms with Crippen molar-refractivity contribution in [1.82, 2.24) is 14.1 Å². The summed E-state index contributed by atoms with van der Waals surface area (Å²) in [6, 6.07) is 12.7. The summed E-state index contributed by atoms with van der Waals surface area (Å²) in [5, 5.41) is 1.78. The third-order valence-corrected chi connectivity index (χ3v) is 13.6. The van der Waals surface area contributed by atoms with Crippen LogP contribution in [0.4, 0.5) is 0 Å². The first-order chi connectivity index (χ1) is 49.2. The van der Waals surface area contributed by atoms with Gasteiger partial charge in [-0.15, -0.1) is 0 Å². The van der Waals surface area contributed by atoms with E-state index in [1.54, 1.807) is 36.5 Å². The molecule has 12 aromatic rings. The number of aromatic nitrogens is 4. The fourth-order valence-electron chi connectivity index (χ4n) is 10.0. The average molecular weight is 1020 g/mol. The summed E-state index contributed by atoms with van der Waals surface area (Å²) < 4.78 is 285. The van der Waals surface area contributed by atoms with Crippen LogP contribution in [0, 0.1) is 6.33 Å². The van der Waals surface area contributed by atoms with Crippen LogP contribution >= 0.6 is 0 Å². The second-order valence-electron chi connectivity index (χ2n) is 19.7. The number of benzene rings is 9. The fourth-order valence-corrected chi connectivity index (χ4v) is 10.0. The second-order valence-corrected chi connectivity index (χ2v) is 19.7. The summed E-state index contributed by atoms with van der Waals surface area (Å²) in [6.07, 6.45) is 3.15. The Morgan fingerprint density at radius 3 is 1.97 bits per heavy atom. The first-order valence-electron chi connectivity index (χ1n) is 39.1. The van der Waals surface area contributed by atoms with Crippen molar-refractivity contribution in [3.05, 3.63) is 247 Å². The summed E-state index contributed by atoms with van der Waals surface area (Å²) in [7, 11) is 0. The van der Waals surface area contributed by atoms with Crippen LogP contribution in [-0.4, -0.2) is 14.1 Å². The number of rotatable bonds is 9. The molecule has 3 heterocycles. The van der Waals surface area contributed by atoms with Crippen LogP contribution < -0.4 is 9.30 Å². The van der Waals surface area contributed by atoms with Crippen LogP contribution in [0.1, 0.15) is 112 Å². The maximum Gasteiger partial charge on any atom is 0.269 e. The van der Waals surface area contributed by atoms with Crippen molar-refractivity contribution in [2.45, 2.75) is 70.8 Å². The number of nitrogens with zero attached hydrogens (tertiary/aromatic N) is 4. The van der Waals surface area contributed by atoms with Crippen LogP contribution in [0.5, 0.6) is 11.5 Å². The Balaban J connectivity index is 1.19. The van der Waals surface area contributed by atoms with E-state index >= 15 is 0 Å². The zero-order valence-corrected chi connectivity index (χ0v) is 40.9. The van der Waals surface area contributed by atoms with Crippen molar-refractivity contribution < 1.29 is 50.4 Å². The Labute approximate surface area is 488 Å². The molecule has 0 radical (unpaired) electrons. The lowest BCUT2D eigenvalue weighted by Crippen LogP contribution is -2.31. The maximum atomic E-state index is 10.5. The molecule has 0 saturated heterocycles. The zero-order valence-electron chi connectivity index (χ0n) is 70.9. The molecule has 9 aromatic carbocycles. The predicted octanol–water partition coefficient (Wildman–Crippen LogP) is 17.9. The number of ether oxygens (including phenoxy) is 1. The SMILES string of the molecule is [2H]c1c([2H])c([2H])c(-c2cc(-c3c([2H])c([2H])c([2H])c([2H])c3[2H])c(-[n+]3[c-]n(-c4cccc(Oc5ccc6c7ccccc7n(-c7cc(C(C)(C)C)ccn7)c6c5)c4)c4cc(-c5c([2H])c([2H])c([2H])c([2H])c5[2H])ccc43)c(-c3c([2H])c([2H])c4c(c3[2H])C(C([2H])([2H])[2H])(C([2H])([2H])[2H])CC4(C([2H])([2H])[2H])C([2H])([2H])[2H])c2)c([2H])c1[2H]. The minimum atomic E-state index is -4.00. The van der Waals surface area contributed by atoms with Crippen LogP contribution in [0.3, 0.4) is 0 Å². The number of hydrogen-bond acceptors (Lipinski definition) is 2. The minimum absolute atomic E-state index is 0.0253. The smallest absolute Gasteiger partial charge is 0.269 e. The molecule has 5 nitrogen and oxygen atoms in total. The van der Waals surface area contributed by atoms with Crippen LogP contribution in [-0.2, 0) is 16.2 Å². The lowest BCUT2D eigenvalue weighted by atomic mass is 9.82. The first kappa shape index (κ1) is 24.7. The first-order valence-corrected chi connectivity index (χ1v) is 24.1. The number of imidazole rings is 1. The minimum Gasteiger partial charge on any atom is -0.458 e. The van der Waals surface area contributed by atoms with Gasteiger partial charge in [0, 0.05) is 39.5 Å². The van der Waals surface area contributed by atoms with Crippen molar-refractivity contribution in [3.63, 3.8) is 0 Å². The summed E-state index contributed by atoms with van der Waals surface area (Å²) in [5.74, 6) is 1.11. The van der Waals surface area contributed by atoms with Gasteiger partial charge < -0.3 is 4.74 Å². The van der Waals surface area contributed by atoms with E-state index in [0.717, 1.165) is 38.6 Å². The average Bonchev–Trinajstić information content (AvgIpc) is 1.49. The highest BCUT2D eigenvalue weighted by Gasteiger charge is 2.42. The standard InChI is InChI=1S/C71H60N4O/c1-69(2,3)53-36-37-72-67(42-53)75-63-29-18-17-28-57(63)58-33-32-56(44-65(58)75)76-55-27-19-26-54(43-55)73-46-74(64-35-31-50(41-66(64)73)47-20-11-8-12-21-47)68-59(49-24-15-10-16-25-49)38-52(48-22-13-9-14-23-48)39-60(68)51-30-34-61-62(40-51)71(6,7)45-70(61,4)5/h8-44H,45H2,1-7H3/i4D3,5D3,6D3,7D3,8D,9D,10D,11D,12D,13D,14D,15D,16D,20D,21D,22D,23D,24D,25D,30D,34D,40D. The Kier molecular flexibility index (Phi) is 5.83. The van der Waals surface area contributed by atoms with E-state index < -0.39 is 204 Å². The molecule has 0 atom stereocenters. The Morgan fingerprint density at radius 1 is 0.566 bits per heavy atom. The van der Waals surface area contributed by atoms with Crippen molar-refractivity contribution in [2.75, 3.05) is 0 Å². The monoisotopic (exact) mass is 1010 g/mol. The van der Waals surface area contributed by atoms with Crippen molar-refractivity contribution in [3.8, 4) is 73.2 Å². The third kappa shape index (κ3) is 8.18. The Morgan fingerprint density at radius 2 is 1.24 bits per heavy atom. The summed E-state index contributed by atoms with van der Waals surface area (Å²) in [5.41, 5.74) is -12.8. The van der Waals surface area contributed by atoms with E-state index in [1.807, 2.05) is 53.1 Å². The predicted molar refractivity (Wildman–Crippen MR) is 313 cm³/mol. The molecule has 0 bridgehead atoms. The van der Waals surface area contributed by atoms with Gasteiger partial charge in [-0.05, 0) is 151 Å². The molecule has 1 aliphatic rings. The Hall–Kier alpha value is -8.80. The molecule has 370 valence electrons. The molecule has 13 rings (SSSR count). The highest BCUT2D eigenvalue weighted by molar-refractivity contribution is 6.09. The number of hydrogen-bond donors (Lipinski definition) is 0. The molecular formula is C71H60N4O. The maximum absolute atomic E-state index is 10.5. The lowest BCUT2D eigenvalue weighted by Gasteiger charge is -2.23. The molecule has 0 N–H and O–H groups in total. The highest BCUT2D eigenvalue weighted by atomic mass is 16.5. The van der Waals surface area contributed by atoms with Crippen LogP contribution in [0.2, 0.25) is 0 Å². The van der Waals surface area contributed by atoms with Crippen LogP contribution in [0.25, 0.3) is 94.5 Å². The fraction of sp³-hybridized carbons (Fsp3) is 0.155. The van der Waals surface area contributed by atoms with Gasteiger partial charge in [0.05, 0.1) is 58.1 Å². The second kappa shape index (κ2) is 18.0. The largest absolute Gasteiger partial charge is 0.458 e. The molecule has 0 amide bonds. The zero-order chi connectivity index (χ0) is 77.6. The highest BCUT2D eigenvalue weighted by Crippen LogP contribution is 2.51. The number of pyridine rings is 1. The molecule has 0 unspecified atom stereocenters. The molecule has 0 saturated carbocycles. The van der Waals surface area contributed by atoms with E-state index in [9.17, 15) is 9.60 Å². The van der Waals surface area contributed by atoms with E-state index in [2.05, 4.69) is 27.1 Å². The van der Waals surface area contributed by atoms with E-state index in [0.29, 0.717) is 17.1 Å². The van der Waals surface area contributed by atoms with Gasteiger partial charge in [-0.1, -0.05) is 193 Å². The van der Waals surface area contributed by atoms with Gasteiger partial charge in [0.25, 0.3) is 6.33 Å². The normalized spacial score (nSPS) is 20.2. The molecule has 0 aliphatic heterocycles. The van der Waals surface area contributed by atoms with E-state index in [4.69, 9.17) is 41.2 Å². The van der Waals surface area contributed by atoms with Gasteiger partial charge in [0.15, 0.2) is 0 Å². The molecule has 76 heavy (non-hydrogen) atoms. The number of para-hydroxylation sites is 1. The van der Waals surface area contributed by atoms with Crippen molar-refractivity contribution in [1.29, 1.82) is 0 Å². The van der Waals surface area contributed by atoms with Gasteiger partial charge in [0.1, 0.15) is 17.3 Å². The molecular weight excluding hydrogens is 925 g/mol. The molecule has 5 heteroatoms. The van der Waals surface area contributed by atoms with Gasteiger partial charge >= 0.3 is 0 Å². The topological polar surface area (TPSA) is 35.9 Å². The third-order valence-electron chi connectivity index (χ3n) is 13.6. The van der Waals surface area contributed by atoms with Gasteiger partial charge in [-0.2, -0.15) is 0 Å². The molecule has 1 aliphatic carbocycles. The summed E-state index contributed by atoms with van der Waals surface area (Å²) >= 11 is 0. The van der Waals surface area contributed by atoms with Crippen molar-refractivity contribution >= 4 is 32.8 Å². The molecule has 0 fully saturated rings. The number of fused-ring (bicyclic) bond motifs is 5. The summed E-state index contributed by atoms with van der Waals surface area (Å²) in [4.78, 5) is 4.80. The van der Waals surface area contributed by atoms with Gasteiger partial charge in [-0.3, -0.25) is 13.7 Å². The van der Waals surface area contributed by atoms with Crippen LogP contribution in [0.15, 0.2) is 224 Å². The molecule has 3 aromatic heterocycles. The van der Waals surface area contributed by atoms with E-state index in [-0.39, 0.29) is 39.0 Å². The summed E-state index contributed by atoms with van der Waals surface area (Å²) in [6.45, 7) is -9.60. The lowest BCUT2D eigenvalue weighted by molar-refractivity contribution is -0.571. The van der Waals surface area contributed by atoms with Gasteiger partial charge in [0.2, 0.25) is 0 Å². The van der Waals surface area contributed by atoms with Crippen molar-refractivity contribution in [2.24, 2.45) is 0 Å². The Bertz CT molecular complexity index is 5660.